The van der Waals surface area contributed by atoms with E-state index in [1.165, 1.54) is 0 Å². The second kappa shape index (κ2) is 9.96. The molecule has 0 fully saturated rings. The summed E-state index contributed by atoms with van der Waals surface area (Å²) in [6.45, 7) is 14.4. The summed E-state index contributed by atoms with van der Waals surface area (Å²) in [4.78, 5) is 7.01. The van der Waals surface area contributed by atoms with Gasteiger partial charge < -0.3 is 4.84 Å². The summed E-state index contributed by atoms with van der Waals surface area (Å²) in [7, 11) is 0. The Kier molecular flexibility index (Phi) is 11.8. The van der Waals surface area contributed by atoms with Gasteiger partial charge in [0.1, 0.15) is 0 Å². The zero-order valence-corrected chi connectivity index (χ0v) is 10.0. The zero-order chi connectivity index (χ0) is 10.9. The third-order valence-electron chi connectivity index (χ3n) is 1.86. The molecule has 0 aromatic carbocycles. The molecule has 3 nitrogen and oxygen atoms in total. The summed E-state index contributed by atoms with van der Waals surface area (Å²) in [6.07, 6.45) is 0.123. The molecule has 0 aliphatic heterocycles. The van der Waals surface area contributed by atoms with Gasteiger partial charge in [0.2, 0.25) is 0 Å². The van der Waals surface area contributed by atoms with E-state index in [1.54, 1.807) is 0 Å². The fraction of sp³-hybridized carbons (Fsp3) is 1.00. The molecule has 2 N–H and O–H groups in total. The van der Waals surface area contributed by atoms with Crippen molar-refractivity contribution < 1.29 is 4.84 Å². The minimum atomic E-state index is 0.123. The van der Waals surface area contributed by atoms with Crippen LogP contribution in [0.5, 0.6) is 0 Å². The SMILES string of the molecule is CC.CCN(CC(C)ON)C(C)C. The number of likely N-dealkylation sites (N-methyl/N-ethyl adjacent to an activating group) is 1. The minimum Gasteiger partial charge on any atom is -0.300 e. The molecule has 0 radical (unpaired) electrons. The topological polar surface area (TPSA) is 38.5 Å². The summed E-state index contributed by atoms with van der Waals surface area (Å²) in [6, 6.07) is 0.567. The van der Waals surface area contributed by atoms with E-state index in [-0.39, 0.29) is 6.10 Å². The van der Waals surface area contributed by atoms with Crippen molar-refractivity contribution in [3.05, 3.63) is 0 Å². The molecule has 13 heavy (non-hydrogen) atoms. The van der Waals surface area contributed by atoms with Crippen LogP contribution in [-0.2, 0) is 4.84 Å². The van der Waals surface area contributed by atoms with Crippen LogP contribution in [0.1, 0.15) is 41.5 Å². The average molecular weight is 190 g/mol. The second-order valence-electron chi connectivity index (χ2n) is 3.13. The molecule has 3 heteroatoms. The molecule has 0 bridgehead atoms. The van der Waals surface area contributed by atoms with Crippen molar-refractivity contribution in [3.63, 3.8) is 0 Å². The standard InChI is InChI=1S/C8H20N2O.C2H6/c1-5-10(7(2)3)6-8(4)11-9;1-2/h7-8H,5-6,9H2,1-4H3;1-2H3. The lowest BCUT2D eigenvalue weighted by atomic mass is 10.3. The highest BCUT2D eigenvalue weighted by Gasteiger charge is 2.10. The normalized spacial score (nSPS) is 12.7. The maximum absolute atomic E-state index is 5.05. The van der Waals surface area contributed by atoms with Gasteiger partial charge in [-0.15, -0.1) is 0 Å². The molecule has 0 amide bonds. The lowest BCUT2D eigenvalue weighted by Gasteiger charge is -2.26. The molecule has 0 aromatic rings. The summed E-state index contributed by atoms with van der Waals surface area (Å²) >= 11 is 0. The van der Waals surface area contributed by atoms with E-state index in [0.29, 0.717) is 6.04 Å². The van der Waals surface area contributed by atoms with Crippen LogP contribution in [0.15, 0.2) is 0 Å². The van der Waals surface area contributed by atoms with Gasteiger partial charge in [0, 0.05) is 12.6 Å². The van der Waals surface area contributed by atoms with Crippen molar-refractivity contribution in [2.24, 2.45) is 5.90 Å². The first-order chi connectivity index (χ1) is 6.11. The highest BCUT2D eigenvalue weighted by molar-refractivity contribution is 4.63. The Bertz CT molecular complexity index is 96.9. The van der Waals surface area contributed by atoms with Crippen molar-refractivity contribution in [2.45, 2.75) is 53.7 Å². The first-order valence-corrected chi connectivity index (χ1v) is 5.21. The van der Waals surface area contributed by atoms with Gasteiger partial charge in [-0.2, -0.15) is 0 Å². The molecule has 0 heterocycles. The van der Waals surface area contributed by atoms with Gasteiger partial charge in [0.25, 0.3) is 0 Å². The first-order valence-electron chi connectivity index (χ1n) is 5.21. The van der Waals surface area contributed by atoms with Gasteiger partial charge in [-0.1, -0.05) is 20.8 Å². The van der Waals surface area contributed by atoms with Crippen molar-refractivity contribution in [1.82, 2.24) is 4.90 Å². The molecule has 0 rings (SSSR count). The summed E-state index contributed by atoms with van der Waals surface area (Å²) in [5.41, 5.74) is 0. The summed E-state index contributed by atoms with van der Waals surface area (Å²) < 4.78 is 0. The minimum absolute atomic E-state index is 0.123. The van der Waals surface area contributed by atoms with E-state index in [2.05, 4.69) is 25.7 Å². The molecular weight excluding hydrogens is 164 g/mol. The Hall–Kier alpha value is -0.120. The number of nitrogens with zero attached hydrogens (tertiary/aromatic N) is 1. The molecular formula is C10H26N2O. The fourth-order valence-corrected chi connectivity index (χ4v) is 1.08. The number of rotatable bonds is 5. The van der Waals surface area contributed by atoms with Crippen LogP contribution in [0.2, 0.25) is 0 Å². The monoisotopic (exact) mass is 190 g/mol. The number of hydrogen-bond acceptors (Lipinski definition) is 3. The Morgan fingerprint density at radius 2 is 1.69 bits per heavy atom. The van der Waals surface area contributed by atoms with Crippen molar-refractivity contribution in [3.8, 4) is 0 Å². The van der Waals surface area contributed by atoms with E-state index in [4.69, 9.17) is 10.7 Å². The van der Waals surface area contributed by atoms with Crippen LogP contribution in [0.25, 0.3) is 0 Å². The molecule has 0 saturated heterocycles. The van der Waals surface area contributed by atoms with E-state index in [0.717, 1.165) is 13.1 Å². The molecule has 0 spiro atoms. The van der Waals surface area contributed by atoms with E-state index >= 15 is 0 Å². The zero-order valence-electron chi connectivity index (χ0n) is 10.0. The molecule has 0 aromatic heterocycles. The van der Waals surface area contributed by atoms with E-state index < -0.39 is 0 Å². The Labute approximate surface area is 83.2 Å². The molecule has 0 saturated carbocycles. The maximum Gasteiger partial charge on any atom is 0.0885 e. The quantitative estimate of drug-likeness (QED) is 0.674. The lowest BCUT2D eigenvalue weighted by molar-refractivity contribution is 0.0312. The van der Waals surface area contributed by atoms with E-state index in [1.807, 2.05) is 20.8 Å². The molecule has 0 aliphatic rings. The number of hydrogen-bond donors (Lipinski definition) is 1. The first kappa shape index (κ1) is 15.4. The van der Waals surface area contributed by atoms with Crippen LogP contribution in [0.3, 0.4) is 0 Å². The second-order valence-corrected chi connectivity index (χ2v) is 3.13. The van der Waals surface area contributed by atoms with Crippen molar-refractivity contribution >= 4 is 0 Å². The maximum atomic E-state index is 5.05. The predicted octanol–water partition coefficient (Wildman–Crippen LogP) is 2.02. The van der Waals surface area contributed by atoms with Crippen LogP contribution >= 0.6 is 0 Å². The van der Waals surface area contributed by atoms with Crippen LogP contribution in [0, 0.1) is 0 Å². The number of nitrogens with two attached hydrogens (primary N) is 1. The Morgan fingerprint density at radius 1 is 1.23 bits per heavy atom. The van der Waals surface area contributed by atoms with Gasteiger partial charge in [-0.05, 0) is 27.3 Å². The Balaban J connectivity index is 0. The highest BCUT2D eigenvalue weighted by Crippen LogP contribution is 1.99. The van der Waals surface area contributed by atoms with Crippen LogP contribution < -0.4 is 5.90 Å². The largest absolute Gasteiger partial charge is 0.300 e. The van der Waals surface area contributed by atoms with Gasteiger partial charge in [-0.25, -0.2) is 5.90 Å². The van der Waals surface area contributed by atoms with Gasteiger partial charge in [0.05, 0.1) is 6.10 Å². The lowest BCUT2D eigenvalue weighted by Crippen LogP contribution is -2.38. The van der Waals surface area contributed by atoms with Crippen LogP contribution in [0.4, 0.5) is 0 Å². The van der Waals surface area contributed by atoms with E-state index in [9.17, 15) is 0 Å². The fourth-order valence-electron chi connectivity index (χ4n) is 1.08. The molecule has 1 atom stereocenters. The van der Waals surface area contributed by atoms with Gasteiger partial charge in [0.15, 0.2) is 0 Å². The highest BCUT2D eigenvalue weighted by atomic mass is 16.6. The Morgan fingerprint density at radius 3 is 1.92 bits per heavy atom. The summed E-state index contributed by atoms with van der Waals surface area (Å²) in [5, 5.41) is 0. The third kappa shape index (κ3) is 8.22. The van der Waals surface area contributed by atoms with Crippen molar-refractivity contribution in [1.29, 1.82) is 0 Å². The molecule has 0 aliphatic carbocycles. The smallest absolute Gasteiger partial charge is 0.0885 e. The average Bonchev–Trinajstić information content (AvgIpc) is 2.16. The third-order valence-corrected chi connectivity index (χ3v) is 1.86. The molecule has 82 valence electrons. The predicted molar refractivity (Wildman–Crippen MR) is 58.5 cm³/mol. The van der Waals surface area contributed by atoms with Crippen LogP contribution in [-0.4, -0.2) is 30.1 Å². The van der Waals surface area contributed by atoms with Gasteiger partial charge in [-0.3, -0.25) is 4.90 Å². The van der Waals surface area contributed by atoms with Gasteiger partial charge >= 0.3 is 0 Å². The summed E-state index contributed by atoms with van der Waals surface area (Å²) in [5.74, 6) is 5.05. The molecule has 1 unspecified atom stereocenters. The van der Waals surface area contributed by atoms with Crippen molar-refractivity contribution in [2.75, 3.05) is 13.1 Å².